The molecule has 5 nitrogen and oxygen atoms in total. The summed E-state index contributed by atoms with van der Waals surface area (Å²) in [7, 11) is 1.72. The van der Waals surface area contributed by atoms with E-state index in [0.717, 1.165) is 55.9 Å². The Labute approximate surface area is 166 Å². The molecule has 0 bridgehead atoms. The molecule has 2 aliphatic rings. The van der Waals surface area contributed by atoms with Crippen molar-refractivity contribution < 1.29 is 4.74 Å². The van der Waals surface area contributed by atoms with Gasteiger partial charge >= 0.3 is 0 Å². The van der Waals surface area contributed by atoms with Crippen molar-refractivity contribution in [1.29, 1.82) is 0 Å². The van der Waals surface area contributed by atoms with Crippen molar-refractivity contribution in [2.45, 2.75) is 19.3 Å². The SMILES string of the molecule is COc1ccc(CC2CCN(c3cc(N4CCSCC4)ncn3)CC2)cc1. The third-order valence-corrected chi connectivity index (χ3v) is 6.54. The van der Waals surface area contributed by atoms with Gasteiger partial charge in [0.1, 0.15) is 23.7 Å². The molecule has 6 heteroatoms. The van der Waals surface area contributed by atoms with Crippen LogP contribution in [0.2, 0.25) is 0 Å². The predicted molar refractivity (Wildman–Crippen MR) is 113 cm³/mol. The summed E-state index contributed by atoms with van der Waals surface area (Å²) in [5, 5.41) is 0. The maximum Gasteiger partial charge on any atom is 0.134 e. The van der Waals surface area contributed by atoms with Crippen LogP contribution in [0.5, 0.6) is 5.75 Å². The first-order valence-electron chi connectivity index (χ1n) is 9.84. The minimum Gasteiger partial charge on any atom is -0.497 e. The first kappa shape index (κ1) is 18.4. The molecule has 1 aromatic heterocycles. The van der Waals surface area contributed by atoms with E-state index in [9.17, 15) is 0 Å². The van der Waals surface area contributed by atoms with Gasteiger partial charge in [0.15, 0.2) is 0 Å². The Bertz CT molecular complexity index is 725. The maximum atomic E-state index is 5.25. The van der Waals surface area contributed by atoms with Crippen LogP contribution in [0.1, 0.15) is 18.4 Å². The summed E-state index contributed by atoms with van der Waals surface area (Å²) in [6.07, 6.45) is 5.31. The van der Waals surface area contributed by atoms with Crippen LogP contribution in [0.4, 0.5) is 11.6 Å². The standard InChI is InChI=1S/C21H28N4OS/c1-26-19-4-2-17(3-5-19)14-18-6-8-24(9-7-18)20-15-21(23-16-22-20)25-10-12-27-13-11-25/h2-5,15-16,18H,6-14H2,1H3. The van der Waals surface area contributed by atoms with Crippen molar-refractivity contribution >= 4 is 23.4 Å². The lowest BCUT2D eigenvalue weighted by atomic mass is 9.90. The molecule has 0 atom stereocenters. The second-order valence-electron chi connectivity index (χ2n) is 7.32. The van der Waals surface area contributed by atoms with Gasteiger partial charge in [0, 0.05) is 43.8 Å². The Hall–Kier alpha value is -1.95. The van der Waals surface area contributed by atoms with E-state index in [1.54, 1.807) is 13.4 Å². The molecule has 1 aromatic carbocycles. The molecule has 27 heavy (non-hydrogen) atoms. The van der Waals surface area contributed by atoms with Crippen LogP contribution in [0.3, 0.4) is 0 Å². The molecule has 2 aliphatic heterocycles. The number of hydrogen-bond acceptors (Lipinski definition) is 6. The van der Waals surface area contributed by atoms with Gasteiger partial charge in [0.05, 0.1) is 7.11 Å². The molecule has 2 fully saturated rings. The summed E-state index contributed by atoms with van der Waals surface area (Å²) >= 11 is 2.03. The maximum absolute atomic E-state index is 5.25. The van der Waals surface area contributed by atoms with Crippen molar-refractivity contribution in [3.63, 3.8) is 0 Å². The third-order valence-electron chi connectivity index (χ3n) is 5.60. The fourth-order valence-corrected chi connectivity index (χ4v) is 4.84. The first-order valence-corrected chi connectivity index (χ1v) is 11.0. The number of ether oxygens (including phenoxy) is 1. The predicted octanol–water partition coefficient (Wildman–Crippen LogP) is 3.50. The average molecular weight is 385 g/mol. The number of hydrogen-bond donors (Lipinski definition) is 0. The average Bonchev–Trinajstić information content (AvgIpc) is 2.75. The largest absolute Gasteiger partial charge is 0.497 e. The van der Waals surface area contributed by atoms with Crippen LogP contribution in [-0.4, -0.2) is 54.8 Å². The third kappa shape index (κ3) is 4.67. The van der Waals surface area contributed by atoms with Gasteiger partial charge in [-0.25, -0.2) is 9.97 Å². The Morgan fingerprint density at radius 2 is 1.59 bits per heavy atom. The van der Waals surface area contributed by atoms with E-state index in [1.165, 1.54) is 29.9 Å². The van der Waals surface area contributed by atoms with Crippen LogP contribution in [0, 0.1) is 5.92 Å². The van der Waals surface area contributed by atoms with Crippen LogP contribution < -0.4 is 14.5 Å². The van der Waals surface area contributed by atoms with E-state index in [2.05, 4.69) is 50.1 Å². The van der Waals surface area contributed by atoms with E-state index in [1.807, 2.05) is 11.8 Å². The molecule has 0 amide bonds. The second kappa shape index (κ2) is 8.83. The molecule has 2 aromatic rings. The molecule has 0 radical (unpaired) electrons. The van der Waals surface area contributed by atoms with E-state index in [0.29, 0.717) is 0 Å². The van der Waals surface area contributed by atoms with Gasteiger partial charge in [-0.3, -0.25) is 0 Å². The minimum absolute atomic E-state index is 0.745. The smallest absolute Gasteiger partial charge is 0.134 e. The molecule has 0 unspecified atom stereocenters. The van der Waals surface area contributed by atoms with E-state index < -0.39 is 0 Å². The molecular formula is C21H28N4OS. The molecule has 144 valence electrons. The number of anilines is 2. The Balaban J connectivity index is 1.33. The second-order valence-corrected chi connectivity index (χ2v) is 8.54. The van der Waals surface area contributed by atoms with Gasteiger partial charge in [-0.1, -0.05) is 12.1 Å². The van der Waals surface area contributed by atoms with Crippen molar-refractivity contribution in [2.75, 3.05) is 54.6 Å². The van der Waals surface area contributed by atoms with Crippen molar-refractivity contribution in [2.24, 2.45) is 5.92 Å². The summed E-state index contributed by atoms with van der Waals surface area (Å²) in [6.45, 7) is 4.33. The molecule has 0 saturated carbocycles. The van der Waals surface area contributed by atoms with Crippen LogP contribution in [-0.2, 0) is 6.42 Å². The van der Waals surface area contributed by atoms with Gasteiger partial charge in [-0.15, -0.1) is 0 Å². The van der Waals surface area contributed by atoms with Gasteiger partial charge in [-0.05, 0) is 42.9 Å². The molecule has 0 N–H and O–H groups in total. The van der Waals surface area contributed by atoms with Crippen LogP contribution >= 0.6 is 11.8 Å². The monoisotopic (exact) mass is 384 g/mol. The normalized spacial score (nSPS) is 18.6. The van der Waals surface area contributed by atoms with Gasteiger partial charge in [0.2, 0.25) is 0 Å². The minimum atomic E-state index is 0.745. The quantitative estimate of drug-likeness (QED) is 0.786. The first-order chi connectivity index (χ1) is 13.3. The number of thioether (sulfide) groups is 1. The highest BCUT2D eigenvalue weighted by molar-refractivity contribution is 7.99. The molecule has 0 aliphatic carbocycles. The zero-order valence-electron chi connectivity index (χ0n) is 16.0. The summed E-state index contributed by atoms with van der Waals surface area (Å²) in [5.74, 6) is 6.23. The molecular weight excluding hydrogens is 356 g/mol. The van der Waals surface area contributed by atoms with Crippen molar-refractivity contribution in [3.05, 3.63) is 42.2 Å². The number of aromatic nitrogens is 2. The highest BCUT2D eigenvalue weighted by atomic mass is 32.2. The van der Waals surface area contributed by atoms with E-state index in [-0.39, 0.29) is 0 Å². The zero-order chi connectivity index (χ0) is 18.5. The molecule has 0 spiro atoms. The number of methoxy groups -OCH3 is 1. The molecule has 2 saturated heterocycles. The number of benzene rings is 1. The number of piperidine rings is 1. The van der Waals surface area contributed by atoms with Crippen molar-refractivity contribution in [1.82, 2.24) is 9.97 Å². The van der Waals surface area contributed by atoms with E-state index in [4.69, 9.17) is 4.74 Å². The summed E-state index contributed by atoms with van der Waals surface area (Å²) in [4.78, 5) is 13.9. The number of rotatable bonds is 5. The highest BCUT2D eigenvalue weighted by Crippen LogP contribution is 2.27. The fourth-order valence-electron chi connectivity index (χ4n) is 3.94. The van der Waals surface area contributed by atoms with Crippen molar-refractivity contribution in [3.8, 4) is 5.75 Å². The fraction of sp³-hybridized carbons (Fsp3) is 0.524. The lowest BCUT2D eigenvalue weighted by molar-refractivity contribution is 0.400. The summed E-state index contributed by atoms with van der Waals surface area (Å²) in [5.41, 5.74) is 1.40. The Morgan fingerprint density at radius 3 is 2.22 bits per heavy atom. The van der Waals surface area contributed by atoms with E-state index >= 15 is 0 Å². The number of nitrogens with zero attached hydrogens (tertiary/aromatic N) is 4. The lowest BCUT2D eigenvalue weighted by Gasteiger charge is -2.34. The van der Waals surface area contributed by atoms with Gasteiger partial charge in [0.25, 0.3) is 0 Å². The Kier molecular flexibility index (Phi) is 6.02. The van der Waals surface area contributed by atoms with Gasteiger partial charge in [-0.2, -0.15) is 11.8 Å². The summed E-state index contributed by atoms with van der Waals surface area (Å²) in [6, 6.07) is 10.7. The van der Waals surface area contributed by atoms with Crippen LogP contribution in [0.15, 0.2) is 36.7 Å². The van der Waals surface area contributed by atoms with Gasteiger partial charge < -0.3 is 14.5 Å². The molecule has 4 rings (SSSR count). The Morgan fingerprint density at radius 1 is 0.963 bits per heavy atom. The lowest BCUT2D eigenvalue weighted by Crippen LogP contribution is -2.36. The zero-order valence-corrected chi connectivity index (χ0v) is 16.8. The summed E-state index contributed by atoms with van der Waals surface area (Å²) < 4.78 is 5.25. The van der Waals surface area contributed by atoms with Crippen LogP contribution in [0.25, 0.3) is 0 Å². The highest BCUT2D eigenvalue weighted by Gasteiger charge is 2.22. The molecule has 3 heterocycles. The topological polar surface area (TPSA) is 41.5 Å².